The Bertz CT molecular complexity index is 670. The first-order valence-electron chi connectivity index (χ1n) is 5.84. The standard InChI is InChI=1S/C12H10Cl4O3S/c13-6-5-7(14)10(15)11(16)9(6)12(17)8-3-1-2-4-20(8,18)19/h5,8H,1-4H2. The molecule has 20 heavy (non-hydrogen) atoms. The van der Waals surface area contributed by atoms with Gasteiger partial charge in [-0.25, -0.2) is 8.42 Å². The minimum Gasteiger partial charge on any atom is -0.293 e. The van der Waals surface area contributed by atoms with E-state index in [1.807, 2.05) is 0 Å². The zero-order valence-corrected chi connectivity index (χ0v) is 14.0. The monoisotopic (exact) mass is 374 g/mol. The van der Waals surface area contributed by atoms with E-state index in [1.165, 1.54) is 6.07 Å². The molecule has 1 atom stereocenters. The van der Waals surface area contributed by atoms with Gasteiger partial charge in [0.2, 0.25) is 0 Å². The second-order valence-electron chi connectivity index (χ2n) is 4.56. The van der Waals surface area contributed by atoms with Crippen molar-refractivity contribution in [2.24, 2.45) is 0 Å². The van der Waals surface area contributed by atoms with E-state index in [0.29, 0.717) is 12.8 Å². The van der Waals surface area contributed by atoms with Gasteiger partial charge in [-0.15, -0.1) is 0 Å². The Balaban J connectivity index is 2.52. The average molecular weight is 376 g/mol. The molecule has 0 aromatic heterocycles. The Hall–Kier alpha value is -0.000000000000000167. The van der Waals surface area contributed by atoms with Crippen LogP contribution in [0.5, 0.6) is 0 Å². The van der Waals surface area contributed by atoms with Gasteiger partial charge in [0.25, 0.3) is 0 Å². The van der Waals surface area contributed by atoms with Gasteiger partial charge in [0.05, 0.1) is 31.4 Å². The highest BCUT2D eigenvalue weighted by Gasteiger charge is 2.37. The van der Waals surface area contributed by atoms with Crippen LogP contribution >= 0.6 is 46.4 Å². The molecule has 110 valence electrons. The number of ketones is 1. The van der Waals surface area contributed by atoms with E-state index in [4.69, 9.17) is 46.4 Å². The van der Waals surface area contributed by atoms with E-state index in [-0.39, 0.29) is 37.8 Å². The first-order chi connectivity index (χ1) is 9.25. The minimum atomic E-state index is -3.47. The van der Waals surface area contributed by atoms with Crippen molar-refractivity contribution in [2.45, 2.75) is 24.5 Å². The summed E-state index contributed by atoms with van der Waals surface area (Å²) >= 11 is 23.7. The largest absolute Gasteiger partial charge is 0.293 e. The average Bonchev–Trinajstić information content (AvgIpc) is 2.35. The highest BCUT2D eigenvalue weighted by atomic mass is 35.5. The van der Waals surface area contributed by atoms with Gasteiger partial charge in [-0.3, -0.25) is 4.79 Å². The normalized spacial score (nSPS) is 21.7. The maximum absolute atomic E-state index is 12.5. The summed E-state index contributed by atoms with van der Waals surface area (Å²) in [7, 11) is -3.47. The van der Waals surface area contributed by atoms with Crippen molar-refractivity contribution in [3.63, 3.8) is 0 Å². The summed E-state index contributed by atoms with van der Waals surface area (Å²) in [5.41, 5.74) is -0.0711. The summed E-state index contributed by atoms with van der Waals surface area (Å²) in [6.07, 6.45) is 1.51. The van der Waals surface area contributed by atoms with Crippen LogP contribution in [0.3, 0.4) is 0 Å². The predicted octanol–water partition coefficient (Wildman–Crippen LogP) is 4.45. The molecule has 1 aliphatic rings. The fraction of sp³-hybridized carbons (Fsp3) is 0.417. The lowest BCUT2D eigenvalue weighted by Crippen LogP contribution is -2.35. The number of carbonyl (C=O) groups is 1. The van der Waals surface area contributed by atoms with Crippen LogP contribution in [-0.4, -0.2) is 25.2 Å². The number of hydrogen-bond donors (Lipinski definition) is 0. The first-order valence-corrected chi connectivity index (χ1v) is 9.07. The van der Waals surface area contributed by atoms with Crippen LogP contribution in [0.4, 0.5) is 0 Å². The highest BCUT2D eigenvalue weighted by molar-refractivity contribution is 7.92. The number of carbonyl (C=O) groups excluding carboxylic acids is 1. The van der Waals surface area contributed by atoms with Gasteiger partial charge < -0.3 is 0 Å². The molecular formula is C12H10Cl4O3S. The van der Waals surface area contributed by atoms with Crippen LogP contribution in [0.25, 0.3) is 0 Å². The molecule has 1 heterocycles. The van der Waals surface area contributed by atoms with Crippen molar-refractivity contribution in [3.05, 3.63) is 31.7 Å². The van der Waals surface area contributed by atoms with E-state index >= 15 is 0 Å². The number of halogens is 4. The molecule has 0 bridgehead atoms. The second kappa shape index (κ2) is 6.01. The van der Waals surface area contributed by atoms with E-state index in [2.05, 4.69) is 0 Å². The van der Waals surface area contributed by atoms with Crippen LogP contribution < -0.4 is 0 Å². The lowest BCUT2D eigenvalue weighted by molar-refractivity contribution is 0.0982. The SMILES string of the molecule is O=C(c1c(Cl)cc(Cl)c(Cl)c1Cl)C1CCCCS1(=O)=O. The molecule has 0 N–H and O–H groups in total. The van der Waals surface area contributed by atoms with Crippen molar-refractivity contribution in [1.82, 2.24) is 0 Å². The summed E-state index contributed by atoms with van der Waals surface area (Å²) in [6, 6.07) is 1.29. The Labute approximate surface area is 137 Å². The molecule has 1 saturated heterocycles. The van der Waals surface area contributed by atoms with Crippen molar-refractivity contribution in [3.8, 4) is 0 Å². The summed E-state index contributed by atoms with van der Waals surface area (Å²) in [4.78, 5) is 12.5. The molecule has 1 aromatic rings. The van der Waals surface area contributed by atoms with Crippen molar-refractivity contribution in [1.29, 1.82) is 0 Å². The maximum atomic E-state index is 12.5. The van der Waals surface area contributed by atoms with E-state index in [0.717, 1.165) is 0 Å². The van der Waals surface area contributed by atoms with E-state index < -0.39 is 20.9 Å². The molecule has 1 unspecified atom stereocenters. The number of benzene rings is 1. The van der Waals surface area contributed by atoms with Crippen molar-refractivity contribution in [2.75, 3.05) is 5.75 Å². The number of hydrogen-bond acceptors (Lipinski definition) is 3. The Morgan fingerprint density at radius 3 is 2.30 bits per heavy atom. The third kappa shape index (κ3) is 2.95. The van der Waals surface area contributed by atoms with Gasteiger partial charge in [-0.05, 0) is 18.9 Å². The third-order valence-electron chi connectivity index (χ3n) is 3.23. The molecular weight excluding hydrogens is 366 g/mol. The van der Waals surface area contributed by atoms with E-state index in [9.17, 15) is 13.2 Å². The maximum Gasteiger partial charge on any atom is 0.184 e. The van der Waals surface area contributed by atoms with Gasteiger partial charge in [-0.2, -0.15) is 0 Å². The molecule has 1 fully saturated rings. The lowest BCUT2D eigenvalue weighted by atomic mass is 10.0. The molecule has 0 saturated carbocycles. The molecule has 3 nitrogen and oxygen atoms in total. The van der Waals surface area contributed by atoms with Crippen LogP contribution in [-0.2, 0) is 9.84 Å². The smallest absolute Gasteiger partial charge is 0.184 e. The molecule has 0 amide bonds. The summed E-state index contributed by atoms with van der Waals surface area (Å²) < 4.78 is 24.0. The van der Waals surface area contributed by atoms with Crippen LogP contribution in [0, 0.1) is 0 Å². The Morgan fingerprint density at radius 1 is 1.05 bits per heavy atom. The van der Waals surface area contributed by atoms with Crippen molar-refractivity contribution < 1.29 is 13.2 Å². The van der Waals surface area contributed by atoms with E-state index in [1.54, 1.807) is 0 Å². The lowest BCUT2D eigenvalue weighted by Gasteiger charge is -2.22. The quantitative estimate of drug-likeness (QED) is 0.435. The zero-order chi connectivity index (χ0) is 15.1. The topological polar surface area (TPSA) is 51.2 Å². The van der Waals surface area contributed by atoms with Gasteiger partial charge in [0, 0.05) is 0 Å². The summed E-state index contributed by atoms with van der Waals surface area (Å²) in [6.45, 7) is 0. The van der Waals surface area contributed by atoms with Gasteiger partial charge in [-0.1, -0.05) is 52.8 Å². The highest BCUT2D eigenvalue weighted by Crippen LogP contribution is 2.39. The third-order valence-corrected chi connectivity index (χ3v) is 6.97. The second-order valence-corrected chi connectivity index (χ2v) is 8.43. The van der Waals surface area contributed by atoms with Gasteiger partial charge in [0.1, 0.15) is 5.25 Å². The van der Waals surface area contributed by atoms with Crippen LogP contribution in [0.1, 0.15) is 29.6 Å². The first kappa shape index (κ1) is 16.4. The van der Waals surface area contributed by atoms with Crippen molar-refractivity contribution >= 4 is 62.0 Å². The minimum absolute atomic E-state index is 0.0000331. The molecule has 0 radical (unpaired) electrons. The number of rotatable bonds is 2. The van der Waals surface area contributed by atoms with Gasteiger partial charge >= 0.3 is 0 Å². The number of Topliss-reactive ketones (excluding diaryl/α,β-unsaturated/α-hetero) is 1. The zero-order valence-electron chi connectivity index (χ0n) is 10.1. The predicted molar refractivity (Wildman–Crippen MR) is 82.2 cm³/mol. The number of sulfone groups is 1. The summed E-state index contributed by atoms with van der Waals surface area (Å²) in [5.74, 6) is -0.613. The summed E-state index contributed by atoms with van der Waals surface area (Å²) in [5, 5.41) is -1.09. The Kier molecular flexibility index (Phi) is 4.92. The van der Waals surface area contributed by atoms with Crippen LogP contribution in [0.15, 0.2) is 6.07 Å². The molecule has 0 spiro atoms. The molecule has 1 aliphatic heterocycles. The molecule has 1 aromatic carbocycles. The van der Waals surface area contributed by atoms with Crippen LogP contribution in [0.2, 0.25) is 20.1 Å². The fourth-order valence-corrected chi connectivity index (χ4v) is 5.16. The fourth-order valence-electron chi connectivity index (χ4n) is 2.20. The molecule has 2 rings (SSSR count). The molecule has 8 heteroatoms. The Morgan fingerprint density at radius 2 is 1.70 bits per heavy atom. The van der Waals surface area contributed by atoms with Gasteiger partial charge in [0.15, 0.2) is 15.6 Å². The molecule has 0 aliphatic carbocycles.